The van der Waals surface area contributed by atoms with Crippen LogP contribution in [0.1, 0.15) is 47.8 Å². The minimum Gasteiger partial charge on any atom is -0.504 e. The Labute approximate surface area is 206 Å². The molecular weight excluding hydrogens is 448 g/mol. The molecule has 3 aromatic rings. The number of hydrogen-bond donors (Lipinski definition) is 1. The van der Waals surface area contributed by atoms with Crippen LogP contribution in [0.4, 0.5) is 0 Å². The molecule has 2 aromatic carbocycles. The van der Waals surface area contributed by atoms with E-state index in [1.54, 1.807) is 0 Å². The first-order valence-electron chi connectivity index (χ1n) is 12.5. The van der Waals surface area contributed by atoms with Crippen LogP contribution in [0.2, 0.25) is 0 Å². The first-order chi connectivity index (χ1) is 16.1. The third-order valence-corrected chi connectivity index (χ3v) is 9.80. The molecule has 3 aliphatic carbocycles. The van der Waals surface area contributed by atoms with E-state index < -0.39 is 0 Å². The number of phenolic OH excluding ortho intramolecular Hbond substituents is 1. The van der Waals surface area contributed by atoms with Gasteiger partial charge in [0.1, 0.15) is 5.60 Å². The number of aromatic hydroxyl groups is 1. The minimum atomic E-state index is -0.367. The van der Waals surface area contributed by atoms with Crippen LogP contribution in [0.3, 0.4) is 0 Å². The van der Waals surface area contributed by atoms with Gasteiger partial charge >= 0.3 is 0 Å². The number of ether oxygens (including phenoxy) is 2. The number of hydrogen-bond acceptors (Lipinski definition) is 4. The zero-order valence-corrected chi connectivity index (χ0v) is 20.5. The summed E-state index contributed by atoms with van der Waals surface area (Å²) < 4.78 is 15.9. The zero-order valence-electron chi connectivity index (χ0n) is 19.7. The quantitative estimate of drug-likeness (QED) is 0.594. The summed E-state index contributed by atoms with van der Waals surface area (Å²) in [5.74, 6) is 1.81. The number of halogens is 1. The molecule has 4 atom stereocenters. The highest BCUT2D eigenvalue weighted by molar-refractivity contribution is 5.87. The average Bonchev–Trinajstić information content (AvgIpc) is 3.52. The maximum atomic E-state index is 10.9. The van der Waals surface area contributed by atoms with E-state index in [4.69, 9.17) is 9.47 Å². The van der Waals surface area contributed by atoms with Crippen molar-refractivity contribution in [1.82, 2.24) is 9.47 Å². The fourth-order valence-electron chi connectivity index (χ4n) is 8.29. The third-order valence-electron chi connectivity index (χ3n) is 9.80. The summed E-state index contributed by atoms with van der Waals surface area (Å²) >= 11 is 0. The molecule has 8 rings (SSSR count). The van der Waals surface area contributed by atoms with Crippen molar-refractivity contribution in [2.45, 2.75) is 55.3 Å². The van der Waals surface area contributed by atoms with Gasteiger partial charge in [-0.1, -0.05) is 24.3 Å². The third kappa shape index (κ3) is 2.21. The molecule has 34 heavy (non-hydrogen) atoms. The molecule has 1 aromatic heterocycles. The standard InChI is InChI=1S/C28H30N2O3.ClH/c1-29-20-6-4-3-5-18(20)19-14-28(32-2)22-13-17-9-10-21(31)25-23(17)27(28,26(33-25)24(19)29)11-12-30(22)15-16-7-8-16;/h3-6,9-10,16,22,26,31H,7-8,11-15H2,1-2H3;1H/t22-,26-,27-,28+;/m0./s1. The molecule has 2 fully saturated rings. The second-order valence-electron chi connectivity index (χ2n) is 11.0. The van der Waals surface area contributed by atoms with Crippen LogP contribution in [0, 0.1) is 5.92 Å². The number of aryl methyl sites for hydroxylation is 1. The topological polar surface area (TPSA) is 46.9 Å². The van der Waals surface area contributed by atoms with Crippen molar-refractivity contribution in [3.05, 3.63) is 58.8 Å². The number of methoxy groups -OCH3 is 1. The molecule has 1 saturated carbocycles. The molecule has 178 valence electrons. The molecule has 6 heteroatoms. The maximum absolute atomic E-state index is 10.9. The molecule has 2 aliphatic heterocycles. The van der Waals surface area contributed by atoms with Crippen LogP contribution in [0.25, 0.3) is 10.9 Å². The van der Waals surface area contributed by atoms with Gasteiger partial charge in [-0.25, -0.2) is 0 Å². The van der Waals surface area contributed by atoms with Crippen molar-refractivity contribution in [3.63, 3.8) is 0 Å². The monoisotopic (exact) mass is 478 g/mol. The van der Waals surface area contributed by atoms with E-state index in [2.05, 4.69) is 46.8 Å². The largest absolute Gasteiger partial charge is 0.504 e. The van der Waals surface area contributed by atoms with Crippen molar-refractivity contribution in [2.24, 2.45) is 13.0 Å². The molecule has 0 amide bonds. The normalized spacial score (nSPS) is 32.6. The van der Waals surface area contributed by atoms with Gasteiger partial charge in [0.05, 0.1) is 11.1 Å². The first-order valence-corrected chi connectivity index (χ1v) is 12.5. The molecule has 0 radical (unpaired) electrons. The Kier molecular flexibility index (Phi) is 4.17. The molecule has 1 spiro atoms. The molecule has 1 N–H and O–H groups in total. The fraction of sp³-hybridized carbons (Fsp3) is 0.500. The van der Waals surface area contributed by atoms with E-state index >= 15 is 0 Å². The highest BCUT2D eigenvalue weighted by atomic mass is 35.5. The molecule has 3 heterocycles. The number of aromatic nitrogens is 1. The lowest BCUT2D eigenvalue weighted by atomic mass is 9.48. The van der Waals surface area contributed by atoms with E-state index in [0.717, 1.165) is 31.7 Å². The summed E-state index contributed by atoms with van der Waals surface area (Å²) in [4.78, 5) is 2.74. The lowest BCUT2D eigenvalue weighted by molar-refractivity contribution is -0.191. The van der Waals surface area contributed by atoms with Gasteiger partial charge in [-0.3, -0.25) is 4.90 Å². The number of nitrogens with zero attached hydrogens (tertiary/aromatic N) is 2. The fourth-order valence-corrected chi connectivity index (χ4v) is 8.29. The van der Waals surface area contributed by atoms with Gasteiger partial charge in [0, 0.05) is 49.6 Å². The smallest absolute Gasteiger partial charge is 0.166 e. The number of rotatable bonds is 3. The van der Waals surface area contributed by atoms with Crippen molar-refractivity contribution >= 4 is 23.3 Å². The summed E-state index contributed by atoms with van der Waals surface area (Å²) in [6, 6.07) is 13.0. The predicted molar refractivity (Wildman–Crippen MR) is 133 cm³/mol. The number of likely N-dealkylation sites (tertiary alicyclic amines) is 1. The van der Waals surface area contributed by atoms with Crippen LogP contribution in [-0.2, 0) is 30.0 Å². The lowest BCUT2D eigenvalue weighted by Gasteiger charge is -2.64. The summed E-state index contributed by atoms with van der Waals surface area (Å²) in [7, 11) is 4.10. The molecule has 5 nitrogen and oxygen atoms in total. The van der Waals surface area contributed by atoms with E-state index in [-0.39, 0.29) is 35.3 Å². The van der Waals surface area contributed by atoms with Gasteiger partial charge in [-0.2, -0.15) is 0 Å². The van der Waals surface area contributed by atoms with Gasteiger partial charge < -0.3 is 19.1 Å². The molecular formula is C28H31ClN2O3. The van der Waals surface area contributed by atoms with Crippen LogP contribution in [0.5, 0.6) is 11.5 Å². The minimum absolute atomic E-state index is 0. The number of benzene rings is 2. The molecule has 2 bridgehead atoms. The molecule has 1 saturated heterocycles. The van der Waals surface area contributed by atoms with E-state index in [0.29, 0.717) is 11.8 Å². The Bertz CT molecular complexity index is 1350. The van der Waals surface area contributed by atoms with Crippen LogP contribution in [-0.4, -0.2) is 46.4 Å². The lowest BCUT2D eigenvalue weighted by Crippen LogP contribution is -2.75. The molecule has 5 aliphatic rings. The van der Waals surface area contributed by atoms with Crippen LogP contribution < -0.4 is 4.74 Å². The Morgan fingerprint density at radius 1 is 1.18 bits per heavy atom. The van der Waals surface area contributed by atoms with Crippen molar-refractivity contribution in [3.8, 4) is 11.5 Å². The van der Waals surface area contributed by atoms with E-state index in [9.17, 15) is 5.11 Å². The van der Waals surface area contributed by atoms with Crippen molar-refractivity contribution in [2.75, 3.05) is 20.2 Å². The van der Waals surface area contributed by atoms with Crippen LogP contribution >= 0.6 is 12.4 Å². The Balaban J connectivity index is 0.00000200. The van der Waals surface area contributed by atoms with Gasteiger partial charge in [-0.05, 0) is 61.4 Å². The predicted octanol–water partition coefficient (Wildman–Crippen LogP) is 4.66. The summed E-state index contributed by atoms with van der Waals surface area (Å²) in [5.41, 5.74) is 5.80. The van der Waals surface area contributed by atoms with Crippen molar-refractivity contribution < 1.29 is 14.6 Å². The number of fused-ring (bicyclic) bond motifs is 4. The molecule has 0 unspecified atom stereocenters. The number of piperidine rings is 1. The summed E-state index contributed by atoms with van der Waals surface area (Å²) in [6.07, 6.45) is 5.43. The Hall–Kier alpha value is -2.21. The first kappa shape index (κ1) is 21.1. The van der Waals surface area contributed by atoms with E-state index in [1.807, 2.05) is 13.2 Å². The Morgan fingerprint density at radius 3 is 2.79 bits per heavy atom. The highest BCUT2D eigenvalue weighted by Gasteiger charge is 2.74. The maximum Gasteiger partial charge on any atom is 0.166 e. The average molecular weight is 479 g/mol. The SMILES string of the molecule is CO[C@@]12Cc3c(n(C)c4ccccc34)[C@@H]3Oc4c(O)ccc5c4[C@@]31CCN(CC1CC1)[C@H]2C5.Cl. The van der Waals surface area contributed by atoms with E-state index in [1.165, 1.54) is 52.7 Å². The van der Waals surface area contributed by atoms with Gasteiger partial charge in [-0.15, -0.1) is 12.4 Å². The second kappa shape index (κ2) is 6.71. The van der Waals surface area contributed by atoms with Gasteiger partial charge in [0.2, 0.25) is 0 Å². The van der Waals surface area contributed by atoms with Crippen molar-refractivity contribution in [1.29, 1.82) is 0 Å². The summed E-state index contributed by atoms with van der Waals surface area (Å²) in [5, 5.41) is 12.2. The van der Waals surface area contributed by atoms with Crippen LogP contribution in [0.15, 0.2) is 36.4 Å². The van der Waals surface area contributed by atoms with Gasteiger partial charge in [0.25, 0.3) is 0 Å². The highest BCUT2D eigenvalue weighted by Crippen LogP contribution is 2.70. The zero-order chi connectivity index (χ0) is 22.1. The number of para-hydroxylation sites is 1. The van der Waals surface area contributed by atoms with Gasteiger partial charge in [0.15, 0.2) is 17.6 Å². The Morgan fingerprint density at radius 2 is 2.00 bits per heavy atom. The number of phenols is 1. The summed E-state index contributed by atoms with van der Waals surface area (Å²) in [6.45, 7) is 2.25. The second-order valence-corrected chi connectivity index (χ2v) is 11.0.